The number of benzene rings is 2. The van der Waals surface area contributed by atoms with E-state index in [0.717, 1.165) is 5.56 Å². The van der Waals surface area contributed by atoms with Crippen LogP contribution in [0.4, 0.5) is 0 Å². The number of amides is 2. The van der Waals surface area contributed by atoms with E-state index < -0.39 is 0 Å². The minimum Gasteiger partial charge on any atom is -0.497 e. The number of carbonyl (C=O) groups excluding carboxylic acids is 2. The van der Waals surface area contributed by atoms with Gasteiger partial charge in [0.2, 0.25) is 5.91 Å². The molecule has 0 radical (unpaired) electrons. The van der Waals surface area contributed by atoms with E-state index in [1.165, 1.54) is 14.2 Å². The summed E-state index contributed by atoms with van der Waals surface area (Å²) in [7, 11) is 3.03. The van der Waals surface area contributed by atoms with E-state index in [9.17, 15) is 9.59 Å². The summed E-state index contributed by atoms with van der Waals surface area (Å²) in [6.45, 7) is 0.562. The van der Waals surface area contributed by atoms with Crippen molar-refractivity contribution in [3.63, 3.8) is 0 Å². The molecule has 0 fully saturated rings. The van der Waals surface area contributed by atoms with Crippen molar-refractivity contribution in [2.24, 2.45) is 0 Å². The first-order chi connectivity index (χ1) is 12.5. The third-order valence-corrected chi connectivity index (χ3v) is 4.05. The molecule has 2 amide bonds. The molecule has 0 spiro atoms. The van der Waals surface area contributed by atoms with Crippen LogP contribution in [0.1, 0.15) is 22.3 Å². The van der Waals surface area contributed by atoms with Gasteiger partial charge in [-0.25, -0.2) is 0 Å². The van der Waals surface area contributed by atoms with Crippen LogP contribution in [-0.2, 0) is 11.3 Å². The number of ether oxygens (including phenoxy) is 2. The monoisotopic (exact) mass is 376 g/mol. The van der Waals surface area contributed by atoms with Crippen molar-refractivity contribution < 1.29 is 19.1 Å². The van der Waals surface area contributed by atoms with Gasteiger partial charge < -0.3 is 20.1 Å². The number of nitrogens with one attached hydrogen (secondary N) is 2. The summed E-state index contributed by atoms with van der Waals surface area (Å²) in [5.41, 5.74) is 1.24. The number of halogens is 1. The predicted molar refractivity (Wildman–Crippen MR) is 99.8 cm³/mol. The SMILES string of the molecule is COc1cc(OC)cc(C(=O)NCCC(=O)NCc2ccccc2Cl)c1. The lowest BCUT2D eigenvalue weighted by molar-refractivity contribution is -0.121. The summed E-state index contributed by atoms with van der Waals surface area (Å²) >= 11 is 6.04. The van der Waals surface area contributed by atoms with E-state index in [-0.39, 0.29) is 24.8 Å². The van der Waals surface area contributed by atoms with Gasteiger partial charge in [0.05, 0.1) is 14.2 Å². The number of carbonyl (C=O) groups is 2. The van der Waals surface area contributed by atoms with Crippen LogP contribution < -0.4 is 20.1 Å². The highest BCUT2D eigenvalue weighted by atomic mass is 35.5. The maximum atomic E-state index is 12.2. The number of rotatable bonds is 8. The van der Waals surface area contributed by atoms with E-state index in [2.05, 4.69) is 10.6 Å². The molecule has 0 aliphatic heterocycles. The molecule has 2 N–H and O–H groups in total. The maximum absolute atomic E-state index is 12.2. The Morgan fingerprint density at radius 2 is 1.65 bits per heavy atom. The summed E-state index contributed by atoms with van der Waals surface area (Å²) in [5, 5.41) is 6.08. The fraction of sp³-hybridized carbons (Fsp3) is 0.263. The zero-order valence-corrected chi connectivity index (χ0v) is 15.4. The Morgan fingerprint density at radius 3 is 2.27 bits per heavy atom. The van der Waals surface area contributed by atoms with E-state index >= 15 is 0 Å². The van der Waals surface area contributed by atoms with E-state index in [4.69, 9.17) is 21.1 Å². The third-order valence-electron chi connectivity index (χ3n) is 3.69. The second-order valence-electron chi connectivity index (χ2n) is 5.48. The number of hydrogen-bond donors (Lipinski definition) is 2. The zero-order valence-electron chi connectivity index (χ0n) is 14.7. The van der Waals surface area contributed by atoms with Gasteiger partial charge in [-0.1, -0.05) is 29.8 Å². The largest absolute Gasteiger partial charge is 0.497 e. The van der Waals surface area contributed by atoms with Gasteiger partial charge in [-0.05, 0) is 23.8 Å². The van der Waals surface area contributed by atoms with Gasteiger partial charge in [-0.3, -0.25) is 9.59 Å². The molecule has 0 aliphatic rings. The van der Waals surface area contributed by atoms with Crippen LogP contribution in [0.25, 0.3) is 0 Å². The van der Waals surface area contributed by atoms with Crippen molar-refractivity contribution in [3.8, 4) is 11.5 Å². The van der Waals surface area contributed by atoms with Crippen molar-refractivity contribution in [1.29, 1.82) is 0 Å². The van der Waals surface area contributed by atoms with Gasteiger partial charge in [-0.15, -0.1) is 0 Å². The summed E-state index contributed by atoms with van der Waals surface area (Å²) in [4.78, 5) is 24.1. The maximum Gasteiger partial charge on any atom is 0.251 e. The summed E-state index contributed by atoms with van der Waals surface area (Å²) in [6, 6.07) is 12.2. The molecule has 2 rings (SSSR count). The van der Waals surface area contributed by atoms with E-state index in [1.807, 2.05) is 18.2 Å². The summed E-state index contributed by atoms with van der Waals surface area (Å²) < 4.78 is 10.3. The Bertz CT molecular complexity index is 758. The summed E-state index contributed by atoms with van der Waals surface area (Å²) in [6.07, 6.45) is 0.164. The van der Waals surface area contributed by atoms with Crippen LogP contribution in [0.2, 0.25) is 5.02 Å². The normalized spacial score (nSPS) is 10.1. The molecule has 0 unspecified atom stereocenters. The van der Waals surface area contributed by atoms with Crippen LogP contribution in [0.3, 0.4) is 0 Å². The second-order valence-corrected chi connectivity index (χ2v) is 5.88. The minimum atomic E-state index is -0.305. The van der Waals surface area contributed by atoms with Crippen LogP contribution in [-0.4, -0.2) is 32.6 Å². The second kappa shape index (κ2) is 9.68. The van der Waals surface area contributed by atoms with Gasteiger partial charge in [0, 0.05) is 36.2 Å². The molecule has 7 heteroatoms. The van der Waals surface area contributed by atoms with Crippen molar-refractivity contribution in [1.82, 2.24) is 10.6 Å². The van der Waals surface area contributed by atoms with Crippen molar-refractivity contribution >= 4 is 23.4 Å². The molecule has 138 valence electrons. The Labute approximate surface area is 157 Å². The third kappa shape index (κ3) is 5.67. The molecule has 2 aromatic rings. The topological polar surface area (TPSA) is 76.7 Å². The first-order valence-corrected chi connectivity index (χ1v) is 8.42. The first-order valence-electron chi connectivity index (χ1n) is 8.05. The van der Waals surface area contributed by atoms with Crippen molar-refractivity contribution in [3.05, 3.63) is 58.6 Å². The molecule has 0 saturated heterocycles. The Kier molecular flexibility index (Phi) is 7.29. The fourth-order valence-electron chi connectivity index (χ4n) is 2.25. The lowest BCUT2D eigenvalue weighted by Gasteiger charge is -2.10. The van der Waals surface area contributed by atoms with Crippen molar-refractivity contribution in [2.45, 2.75) is 13.0 Å². The van der Waals surface area contributed by atoms with Gasteiger partial charge in [0.1, 0.15) is 11.5 Å². The highest BCUT2D eigenvalue weighted by molar-refractivity contribution is 6.31. The Hall–Kier alpha value is -2.73. The van der Waals surface area contributed by atoms with Gasteiger partial charge in [-0.2, -0.15) is 0 Å². The smallest absolute Gasteiger partial charge is 0.251 e. The molecule has 0 atom stereocenters. The van der Waals surface area contributed by atoms with Gasteiger partial charge in [0.25, 0.3) is 5.91 Å². The highest BCUT2D eigenvalue weighted by Gasteiger charge is 2.10. The average molecular weight is 377 g/mol. The number of hydrogen-bond acceptors (Lipinski definition) is 4. The fourth-order valence-corrected chi connectivity index (χ4v) is 2.46. The lowest BCUT2D eigenvalue weighted by Crippen LogP contribution is -2.30. The molecule has 6 nitrogen and oxygen atoms in total. The molecule has 2 aromatic carbocycles. The highest BCUT2D eigenvalue weighted by Crippen LogP contribution is 2.22. The van der Waals surface area contributed by atoms with Crippen LogP contribution in [0.5, 0.6) is 11.5 Å². The molecule has 0 saturated carbocycles. The van der Waals surface area contributed by atoms with Crippen molar-refractivity contribution in [2.75, 3.05) is 20.8 Å². The molecular formula is C19H21ClN2O4. The summed E-state index contributed by atoms with van der Waals surface area (Å²) in [5.74, 6) is 0.563. The van der Waals surface area contributed by atoms with E-state index in [0.29, 0.717) is 28.6 Å². The molecular weight excluding hydrogens is 356 g/mol. The van der Waals surface area contributed by atoms with Gasteiger partial charge >= 0.3 is 0 Å². The predicted octanol–water partition coefficient (Wildman–Crippen LogP) is 2.79. The molecule has 0 aromatic heterocycles. The molecule has 0 heterocycles. The molecule has 0 bridgehead atoms. The Morgan fingerprint density at radius 1 is 1.00 bits per heavy atom. The quantitative estimate of drug-likeness (QED) is 0.742. The standard InChI is InChI=1S/C19H21ClN2O4/c1-25-15-9-14(10-16(11-15)26-2)19(24)21-8-7-18(23)22-12-13-5-3-4-6-17(13)20/h3-6,9-11H,7-8,12H2,1-2H3,(H,21,24)(H,22,23). The lowest BCUT2D eigenvalue weighted by atomic mass is 10.2. The Balaban J connectivity index is 1.81. The average Bonchev–Trinajstić information content (AvgIpc) is 2.66. The molecule has 0 aliphatic carbocycles. The van der Waals surface area contributed by atoms with Crippen LogP contribution >= 0.6 is 11.6 Å². The van der Waals surface area contributed by atoms with Crippen LogP contribution in [0.15, 0.2) is 42.5 Å². The minimum absolute atomic E-state index is 0.164. The van der Waals surface area contributed by atoms with Gasteiger partial charge in [0.15, 0.2) is 0 Å². The number of methoxy groups -OCH3 is 2. The zero-order chi connectivity index (χ0) is 18.9. The van der Waals surface area contributed by atoms with E-state index in [1.54, 1.807) is 24.3 Å². The molecule has 26 heavy (non-hydrogen) atoms. The van der Waals surface area contributed by atoms with Crippen LogP contribution in [0, 0.1) is 0 Å². The first kappa shape index (κ1) is 19.6.